The summed E-state index contributed by atoms with van der Waals surface area (Å²) >= 11 is 0. The van der Waals surface area contributed by atoms with E-state index in [1.165, 1.54) is 0 Å². The fraction of sp³-hybridized carbons (Fsp3) is 0.750. The standard InChI is InChI=1S/C16H26O9/c1-2-3-4-5-6-7-8-9-12(19)25-13(14(20)21)16(24,15(22)23)10-11(17)18/h13,24H,2-10H2,1H3,(H,17,18)(H,20,21)(H,22,23). The third-order valence-corrected chi connectivity index (χ3v) is 3.68. The lowest BCUT2D eigenvalue weighted by molar-refractivity contribution is -0.197. The summed E-state index contributed by atoms with van der Waals surface area (Å²) in [4.78, 5) is 44.7. The summed E-state index contributed by atoms with van der Waals surface area (Å²) in [5.41, 5.74) is -3.24. The first kappa shape index (κ1) is 22.8. The molecule has 0 aliphatic rings. The van der Waals surface area contributed by atoms with Gasteiger partial charge < -0.3 is 25.2 Å². The Morgan fingerprint density at radius 2 is 1.44 bits per heavy atom. The second-order valence-electron chi connectivity index (χ2n) is 5.88. The molecule has 0 aromatic rings. The molecular weight excluding hydrogens is 336 g/mol. The number of aliphatic carboxylic acids is 3. The Morgan fingerprint density at radius 3 is 1.88 bits per heavy atom. The molecule has 0 aromatic heterocycles. The smallest absolute Gasteiger partial charge is 0.348 e. The summed E-state index contributed by atoms with van der Waals surface area (Å²) in [5, 5.41) is 36.5. The number of esters is 1. The van der Waals surface area contributed by atoms with Crippen molar-refractivity contribution < 1.29 is 44.3 Å². The van der Waals surface area contributed by atoms with Gasteiger partial charge in [0.2, 0.25) is 11.7 Å². The van der Waals surface area contributed by atoms with E-state index in [2.05, 4.69) is 11.7 Å². The second kappa shape index (κ2) is 11.4. The van der Waals surface area contributed by atoms with Crippen molar-refractivity contribution in [3.8, 4) is 0 Å². The second-order valence-corrected chi connectivity index (χ2v) is 5.88. The quantitative estimate of drug-likeness (QED) is 0.265. The first-order valence-corrected chi connectivity index (χ1v) is 8.25. The van der Waals surface area contributed by atoms with Crippen molar-refractivity contribution in [3.05, 3.63) is 0 Å². The molecule has 0 radical (unpaired) electrons. The summed E-state index contributed by atoms with van der Waals surface area (Å²) < 4.78 is 4.55. The Labute approximate surface area is 145 Å². The highest BCUT2D eigenvalue weighted by molar-refractivity contribution is 5.92. The molecule has 0 aromatic carbocycles. The zero-order chi connectivity index (χ0) is 19.5. The Morgan fingerprint density at radius 1 is 0.920 bits per heavy atom. The van der Waals surface area contributed by atoms with Crippen LogP contribution in [0.4, 0.5) is 0 Å². The highest BCUT2D eigenvalue weighted by atomic mass is 16.6. The molecule has 9 heteroatoms. The van der Waals surface area contributed by atoms with Crippen LogP contribution in [-0.4, -0.2) is 56.0 Å². The first-order chi connectivity index (χ1) is 11.6. The van der Waals surface area contributed by atoms with Crippen LogP contribution in [-0.2, 0) is 23.9 Å². The van der Waals surface area contributed by atoms with Crippen LogP contribution in [0.2, 0.25) is 0 Å². The van der Waals surface area contributed by atoms with E-state index in [4.69, 9.17) is 15.3 Å². The molecule has 144 valence electrons. The topological polar surface area (TPSA) is 158 Å². The van der Waals surface area contributed by atoms with E-state index in [-0.39, 0.29) is 6.42 Å². The number of carboxylic acids is 3. The minimum atomic E-state index is -3.24. The van der Waals surface area contributed by atoms with Crippen molar-refractivity contribution >= 4 is 23.9 Å². The summed E-state index contributed by atoms with van der Waals surface area (Å²) in [7, 11) is 0. The molecule has 0 amide bonds. The normalized spacial score (nSPS) is 14.3. The molecular formula is C16H26O9. The zero-order valence-corrected chi connectivity index (χ0v) is 14.3. The number of carbonyl (C=O) groups excluding carboxylic acids is 1. The average Bonchev–Trinajstić information content (AvgIpc) is 2.50. The summed E-state index contributed by atoms with van der Waals surface area (Å²) in [6.07, 6.45) is 2.40. The molecule has 0 heterocycles. The van der Waals surface area contributed by atoms with Gasteiger partial charge in [0.1, 0.15) is 0 Å². The molecule has 2 unspecified atom stereocenters. The lowest BCUT2D eigenvalue weighted by Crippen LogP contribution is -2.56. The predicted molar refractivity (Wildman–Crippen MR) is 85.0 cm³/mol. The highest BCUT2D eigenvalue weighted by Crippen LogP contribution is 2.21. The molecule has 4 N–H and O–H groups in total. The van der Waals surface area contributed by atoms with Crippen molar-refractivity contribution in [3.63, 3.8) is 0 Å². The molecule has 0 rings (SSSR count). The van der Waals surface area contributed by atoms with Gasteiger partial charge in [-0.3, -0.25) is 9.59 Å². The third-order valence-electron chi connectivity index (χ3n) is 3.68. The van der Waals surface area contributed by atoms with Crippen LogP contribution in [0, 0.1) is 0 Å². The lowest BCUT2D eigenvalue weighted by atomic mass is 9.92. The van der Waals surface area contributed by atoms with Gasteiger partial charge in [0.05, 0.1) is 6.42 Å². The maximum absolute atomic E-state index is 11.7. The van der Waals surface area contributed by atoms with E-state index in [0.29, 0.717) is 6.42 Å². The molecule has 0 bridgehead atoms. The van der Waals surface area contributed by atoms with Gasteiger partial charge in [-0.05, 0) is 6.42 Å². The molecule has 0 saturated heterocycles. The van der Waals surface area contributed by atoms with Crippen LogP contribution < -0.4 is 0 Å². The molecule has 2 atom stereocenters. The van der Waals surface area contributed by atoms with Crippen LogP contribution in [0.3, 0.4) is 0 Å². The van der Waals surface area contributed by atoms with Crippen LogP contribution in [0.5, 0.6) is 0 Å². The Balaban J connectivity index is 4.59. The van der Waals surface area contributed by atoms with Crippen molar-refractivity contribution in [2.45, 2.75) is 76.4 Å². The van der Waals surface area contributed by atoms with E-state index in [1.807, 2.05) is 0 Å². The summed E-state index contributed by atoms with van der Waals surface area (Å²) in [6.45, 7) is 2.09. The first-order valence-electron chi connectivity index (χ1n) is 8.25. The molecule has 25 heavy (non-hydrogen) atoms. The fourth-order valence-electron chi connectivity index (χ4n) is 2.28. The van der Waals surface area contributed by atoms with Gasteiger partial charge in [0.25, 0.3) is 0 Å². The van der Waals surface area contributed by atoms with E-state index >= 15 is 0 Å². The van der Waals surface area contributed by atoms with E-state index in [9.17, 15) is 24.3 Å². The van der Waals surface area contributed by atoms with Crippen LogP contribution in [0.25, 0.3) is 0 Å². The van der Waals surface area contributed by atoms with E-state index < -0.39 is 42.0 Å². The molecule has 0 saturated carbocycles. The van der Waals surface area contributed by atoms with Gasteiger partial charge in [-0.1, -0.05) is 45.4 Å². The SMILES string of the molecule is CCCCCCCCCC(=O)OC(C(=O)O)C(O)(CC(=O)O)C(=O)O. The van der Waals surface area contributed by atoms with Crippen molar-refractivity contribution in [2.75, 3.05) is 0 Å². The monoisotopic (exact) mass is 362 g/mol. The minimum Gasteiger partial charge on any atom is -0.481 e. The summed E-state index contributed by atoms with van der Waals surface area (Å²) in [6, 6.07) is 0. The Bertz CT molecular complexity index is 474. The average molecular weight is 362 g/mol. The number of ether oxygens (including phenoxy) is 1. The number of carboxylic acid groups (broad SMARTS) is 3. The molecule has 0 aliphatic heterocycles. The Kier molecular flexibility index (Phi) is 10.4. The van der Waals surface area contributed by atoms with Gasteiger partial charge in [-0.2, -0.15) is 0 Å². The molecule has 0 aliphatic carbocycles. The van der Waals surface area contributed by atoms with Gasteiger partial charge in [0, 0.05) is 6.42 Å². The fourth-order valence-corrected chi connectivity index (χ4v) is 2.28. The van der Waals surface area contributed by atoms with Crippen LogP contribution in [0.15, 0.2) is 0 Å². The zero-order valence-electron chi connectivity index (χ0n) is 14.3. The van der Waals surface area contributed by atoms with Gasteiger partial charge in [-0.25, -0.2) is 9.59 Å². The summed E-state index contributed by atoms with van der Waals surface area (Å²) in [5.74, 6) is -6.75. The van der Waals surface area contributed by atoms with Gasteiger partial charge >= 0.3 is 23.9 Å². The lowest BCUT2D eigenvalue weighted by Gasteiger charge is -2.27. The number of hydrogen-bond donors (Lipinski definition) is 4. The number of unbranched alkanes of at least 4 members (excludes halogenated alkanes) is 6. The number of carbonyl (C=O) groups is 4. The maximum atomic E-state index is 11.7. The third kappa shape index (κ3) is 8.48. The Hall–Kier alpha value is -2.16. The van der Waals surface area contributed by atoms with Crippen molar-refractivity contribution in [1.82, 2.24) is 0 Å². The van der Waals surface area contributed by atoms with E-state index in [0.717, 1.165) is 38.5 Å². The maximum Gasteiger partial charge on any atom is 0.348 e. The van der Waals surface area contributed by atoms with Crippen LogP contribution >= 0.6 is 0 Å². The highest BCUT2D eigenvalue weighted by Gasteiger charge is 2.52. The van der Waals surface area contributed by atoms with Gasteiger partial charge in [0.15, 0.2) is 0 Å². The predicted octanol–water partition coefficient (Wildman–Crippen LogP) is 1.41. The number of rotatable bonds is 14. The minimum absolute atomic E-state index is 0.139. The number of hydrogen-bond acceptors (Lipinski definition) is 6. The van der Waals surface area contributed by atoms with Crippen molar-refractivity contribution in [2.24, 2.45) is 0 Å². The molecule has 9 nitrogen and oxygen atoms in total. The van der Waals surface area contributed by atoms with Gasteiger partial charge in [-0.15, -0.1) is 0 Å². The van der Waals surface area contributed by atoms with E-state index in [1.54, 1.807) is 0 Å². The largest absolute Gasteiger partial charge is 0.481 e. The molecule has 0 fully saturated rings. The van der Waals surface area contributed by atoms with Crippen molar-refractivity contribution in [1.29, 1.82) is 0 Å². The number of aliphatic hydroxyl groups is 1. The van der Waals surface area contributed by atoms with Crippen LogP contribution in [0.1, 0.15) is 64.7 Å². The molecule has 0 spiro atoms.